The summed E-state index contributed by atoms with van der Waals surface area (Å²) in [5.41, 5.74) is 2.92. The molecule has 0 aliphatic carbocycles. The lowest BCUT2D eigenvalue weighted by Crippen LogP contribution is -2.16. The molecule has 0 bridgehead atoms. The zero-order valence-corrected chi connectivity index (χ0v) is 15.4. The Labute approximate surface area is 163 Å². The molecule has 134 valence electrons. The number of thiophene rings is 1. The number of benzene rings is 2. The number of hydrazone groups is 1. The molecular weight excluding hydrogens is 386 g/mol. The van der Waals surface area contributed by atoms with E-state index in [1.165, 1.54) is 17.6 Å². The van der Waals surface area contributed by atoms with Crippen LogP contribution >= 0.6 is 22.9 Å². The summed E-state index contributed by atoms with van der Waals surface area (Å²) in [4.78, 5) is 23.9. The average molecular weight is 398 g/mol. The molecule has 8 heteroatoms. The van der Waals surface area contributed by atoms with Gasteiger partial charge in [-0.05, 0) is 35.9 Å². The van der Waals surface area contributed by atoms with Crippen LogP contribution in [0, 0.1) is 11.3 Å². The standard InChI is InChI=1S/C19H12ClN3O3S/c20-17-14-3-1-2-4-15(14)27-18(17)19(25)26-13-7-5-12(6-8-13)11-22-23-16(24)9-10-21/h1-8,11H,9H2,(H,23,24)/b22-11-. The van der Waals surface area contributed by atoms with Crippen molar-refractivity contribution in [2.45, 2.75) is 6.42 Å². The van der Waals surface area contributed by atoms with Gasteiger partial charge in [-0.2, -0.15) is 10.4 Å². The van der Waals surface area contributed by atoms with E-state index in [4.69, 9.17) is 21.6 Å². The quantitative estimate of drug-likeness (QED) is 0.303. The van der Waals surface area contributed by atoms with Gasteiger partial charge in [0.05, 0.1) is 17.3 Å². The second kappa shape index (κ2) is 8.45. The van der Waals surface area contributed by atoms with Crippen LogP contribution < -0.4 is 10.2 Å². The highest BCUT2D eigenvalue weighted by atomic mass is 35.5. The number of amides is 1. The molecule has 1 heterocycles. The summed E-state index contributed by atoms with van der Waals surface area (Å²) >= 11 is 7.57. The van der Waals surface area contributed by atoms with Gasteiger partial charge in [0.15, 0.2) is 0 Å². The largest absolute Gasteiger partial charge is 0.422 e. The van der Waals surface area contributed by atoms with Gasteiger partial charge in [0.2, 0.25) is 0 Å². The average Bonchev–Trinajstić information content (AvgIpc) is 3.01. The highest BCUT2D eigenvalue weighted by Gasteiger charge is 2.18. The molecule has 2 aromatic carbocycles. The van der Waals surface area contributed by atoms with E-state index in [2.05, 4.69) is 10.5 Å². The lowest BCUT2D eigenvalue weighted by atomic mass is 10.2. The van der Waals surface area contributed by atoms with Crippen molar-refractivity contribution < 1.29 is 14.3 Å². The fraction of sp³-hybridized carbons (Fsp3) is 0.0526. The van der Waals surface area contributed by atoms with Crippen LogP contribution in [0.3, 0.4) is 0 Å². The fourth-order valence-corrected chi connectivity index (χ4v) is 3.60. The number of esters is 1. The van der Waals surface area contributed by atoms with Crippen LogP contribution in [0.25, 0.3) is 10.1 Å². The number of carbonyl (C=O) groups excluding carboxylic acids is 2. The van der Waals surface area contributed by atoms with Crippen molar-refractivity contribution >= 4 is 51.1 Å². The van der Waals surface area contributed by atoms with Gasteiger partial charge in [-0.25, -0.2) is 10.2 Å². The molecule has 0 saturated heterocycles. The number of nitrogens with one attached hydrogen (secondary N) is 1. The van der Waals surface area contributed by atoms with Crippen molar-refractivity contribution in [2.75, 3.05) is 0 Å². The van der Waals surface area contributed by atoms with Crippen molar-refractivity contribution in [3.8, 4) is 11.8 Å². The second-order valence-electron chi connectivity index (χ2n) is 5.33. The Morgan fingerprint density at radius 2 is 1.96 bits per heavy atom. The minimum Gasteiger partial charge on any atom is -0.422 e. The number of nitriles is 1. The minimum atomic E-state index is -0.522. The van der Waals surface area contributed by atoms with E-state index in [1.807, 2.05) is 24.3 Å². The Morgan fingerprint density at radius 1 is 1.22 bits per heavy atom. The highest BCUT2D eigenvalue weighted by Crippen LogP contribution is 2.35. The molecule has 1 aromatic heterocycles. The Kier molecular flexibility index (Phi) is 5.81. The number of rotatable bonds is 5. The van der Waals surface area contributed by atoms with E-state index < -0.39 is 11.9 Å². The molecule has 6 nitrogen and oxygen atoms in total. The van der Waals surface area contributed by atoms with Gasteiger partial charge < -0.3 is 4.74 Å². The van der Waals surface area contributed by atoms with E-state index in [0.29, 0.717) is 21.2 Å². The summed E-state index contributed by atoms with van der Waals surface area (Å²) in [6, 6.07) is 15.8. The molecule has 0 radical (unpaired) electrons. The van der Waals surface area contributed by atoms with Gasteiger partial charge in [-0.1, -0.05) is 29.8 Å². The van der Waals surface area contributed by atoms with Gasteiger partial charge >= 0.3 is 5.97 Å². The maximum Gasteiger partial charge on any atom is 0.355 e. The first-order chi connectivity index (χ1) is 13.1. The molecule has 0 spiro atoms. The third kappa shape index (κ3) is 4.50. The van der Waals surface area contributed by atoms with Gasteiger partial charge in [0, 0.05) is 10.1 Å². The summed E-state index contributed by atoms with van der Waals surface area (Å²) in [7, 11) is 0. The summed E-state index contributed by atoms with van der Waals surface area (Å²) in [6.45, 7) is 0. The van der Waals surface area contributed by atoms with Crippen LogP contribution in [-0.4, -0.2) is 18.1 Å². The Morgan fingerprint density at radius 3 is 2.67 bits per heavy atom. The Bertz CT molecular complexity index is 1070. The van der Waals surface area contributed by atoms with E-state index in [9.17, 15) is 9.59 Å². The third-order valence-electron chi connectivity index (χ3n) is 3.45. The number of carbonyl (C=O) groups is 2. The van der Waals surface area contributed by atoms with Crippen molar-refractivity contribution in [1.82, 2.24) is 5.43 Å². The molecule has 0 aliphatic rings. The summed E-state index contributed by atoms with van der Waals surface area (Å²) in [6.07, 6.45) is 1.16. The lowest BCUT2D eigenvalue weighted by molar-refractivity contribution is -0.120. The third-order valence-corrected chi connectivity index (χ3v) is 5.11. The number of hydrogen-bond acceptors (Lipinski definition) is 6. The summed E-state index contributed by atoms with van der Waals surface area (Å²) < 4.78 is 6.29. The SMILES string of the molecule is N#CCC(=O)N/N=C\c1ccc(OC(=O)c2sc3ccccc3c2Cl)cc1. The molecule has 3 rings (SSSR count). The van der Waals surface area contributed by atoms with Crippen LogP contribution in [0.15, 0.2) is 53.6 Å². The molecule has 1 amide bonds. The molecule has 1 N–H and O–H groups in total. The van der Waals surface area contributed by atoms with Crippen molar-refractivity contribution in [3.63, 3.8) is 0 Å². The normalized spacial score (nSPS) is 10.7. The lowest BCUT2D eigenvalue weighted by Gasteiger charge is -2.03. The van der Waals surface area contributed by atoms with Crippen molar-refractivity contribution in [3.05, 3.63) is 64.0 Å². The van der Waals surface area contributed by atoms with Crippen molar-refractivity contribution in [2.24, 2.45) is 5.10 Å². The number of hydrogen-bond donors (Lipinski definition) is 1. The zero-order valence-electron chi connectivity index (χ0n) is 13.8. The van der Waals surface area contributed by atoms with Crippen LogP contribution in [-0.2, 0) is 4.79 Å². The second-order valence-corrected chi connectivity index (χ2v) is 6.76. The maximum absolute atomic E-state index is 12.4. The Hall–Kier alpha value is -3.21. The van der Waals surface area contributed by atoms with Crippen LogP contribution in [0.5, 0.6) is 5.75 Å². The molecule has 0 saturated carbocycles. The smallest absolute Gasteiger partial charge is 0.355 e. The first-order valence-corrected chi connectivity index (χ1v) is 8.96. The molecule has 0 unspecified atom stereocenters. The van der Waals surface area contributed by atoms with Crippen molar-refractivity contribution in [1.29, 1.82) is 5.26 Å². The van der Waals surface area contributed by atoms with Crippen LogP contribution in [0.2, 0.25) is 5.02 Å². The predicted molar refractivity (Wildman–Crippen MR) is 104 cm³/mol. The Balaban J connectivity index is 1.66. The topological polar surface area (TPSA) is 91.6 Å². The van der Waals surface area contributed by atoms with Gasteiger partial charge in [-0.15, -0.1) is 11.3 Å². The van der Waals surface area contributed by atoms with Gasteiger partial charge in [0.1, 0.15) is 17.0 Å². The molecule has 27 heavy (non-hydrogen) atoms. The number of nitrogens with zero attached hydrogens (tertiary/aromatic N) is 2. The maximum atomic E-state index is 12.4. The zero-order chi connectivity index (χ0) is 19.2. The highest BCUT2D eigenvalue weighted by molar-refractivity contribution is 7.21. The summed E-state index contributed by atoms with van der Waals surface area (Å²) in [5, 5.41) is 13.3. The number of fused-ring (bicyclic) bond motifs is 1. The first kappa shape index (κ1) is 18.6. The first-order valence-electron chi connectivity index (χ1n) is 7.76. The van der Waals surface area contributed by atoms with E-state index >= 15 is 0 Å². The number of ether oxygens (including phenoxy) is 1. The van der Waals surface area contributed by atoms with Gasteiger partial charge in [0.25, 0.3) is 5.91 Å². The molecular formula is C19H12ClN3O3S. The van der Waals surface area contributed by atoms with Crippen LogP contribution in [0.4, 0.5) is 0 Å². The van der Waals surface area contributed by atoms with E-state index in [0.717, 1.165) is 10.1 Å². The molecule has 0 atom stereocenters. The van der Waals surface area contributed by atoms with Gasteiger partial charge in [-0.3, -0.25) is 4.79 Å². The number of halogens is 1. The van der Waals surface area contributed by atoms with E-state index in [1.54, 1.807) is 30.3 Å². The van der Waals surface area contributed by atoms with Crippen LogP contribution in [0.1, 0.15) is 21.7 Å². The molecule has 0 fully saturated rings. The monoisotopic (exact) mass is 397 g/mol. The molecule has 0 aliphatic heterocycles. The molecule has 3 aromatic rings. The summed E-state index contributed by atoms with van der Waals surface area (Å²) in [5.74, 6) is -0.648. The fourth-order valence-electron chi connectivity index (χ4n) is 2.21. The van der Waals surface area contributed by atoms with E-state index in [-0.39, 0.29) is 6.42 Å². The predicted octanol–water partition coefficient (Wildman–Crippen LogP) is 4.14. The minimum absolute atomic E-state index is 0.257.